The first-order chi connectivity index (χ1) is 13.6. The molecule has 1 aromatic heterocycles. The number of rotatable bonds is 5. The van der Waals surface area contributed by atoms with Crippen LogP contribution in [0.5, 0.6) is 5.75 Å². The van der Waals surface area contributed by atoms with E-state index in [4.69, 9.17) is 9.47 Å². The van der Waals surface area contributed by atoms with Gasteiger partial charge in [0, 0.05) is 18.8 Å². The minimum absolute atomic E-state index is 0.0428. The zero-order chi connectivity index (χ0) is 19.5. The molecule has 1 saturated heterocycles. The van der Waals surface area contributed by atoms with Crippen LogP contribution in [0, 0.1) is 13.8 Å². The van der Waals surface area contributed by atoms with Crippen molar-refractivity contribution in [2.24, 2.45) is 0 Å². The van der Waals surface area contributed by atoms with Gasteiger partial charge in [-0.1, -0.05) is 29.0 Å². The van der Waals surface area contributed by atoms with Crippen LogP contribution in [0.4, 0.5) is 10.8 Å². The van der Waals surface area contributed by atoms with Crippen LogP contribution in [0.1, 0.15) is 11.1 Å². The molecule has 0 radical (unpaired) electrons. The van der Waals surface area contributed by atoms with E-state index in [9.17, 15) is 4.79 Å². The predicted molar refractivity (Wildman–Crippen MR) is 113 cm³/mol. The fourth-order valence-corrected chi connectivity index (χ4v) is 4.16. The summed E-state index contributed by atoms with van der Waals surface area (Å²) in [5.41, 5.74) is 4.23. The van der Waals surface area contributed by atoms with Crippen LogP contribution in [0.25, 0.3) is 10.2 Å². The number of carbonyl (C=O) groups excluding carboxylic acids is 1. The number of ether oxygens (including phenoxy) is 2. The minimum atomic E-state index is -0.215. The summed E-state index contributed by atoms with van der Waals surface area (Å²) in [6.45, 7) is 7.25. The molecule has 28 heavy (non-hydrogen) atoms. The van der Waals surface area contributed by atoms with Crippen molar-refractivity contribution in [1.82, 2.24) is 4.98 Å². The second kappa shape index (κ2) is 8.16. The van der Waals surface area contributed by atoms with Gasteiger partial charge in [0.25, 0.3) is 5.91 Å². The van der Waals surface area contributed by atoms with Gasteiger partial charge in [0.2, 0.25) is 0 Å². The number of amides is 1. The van der Waals surface area contributed by atoms with Crippen molar-refractivity contribution < 1.29 is 14.3 Å². The van der Waals surface area contributed by atoms with E-state index in [1.165, 1.54) is 16.9 Å². The molecule has 3 aromatic rings. The first-order valence-electron chi connectivity index (χ1n) is 9.32. The summed E-state index contributed by atoms with van der Waals surface area (Å²) in [6, 6.07) is 12.1. The summed E-state index contributed by atoms with van der Waals surface area (Å²) in [4.78, 5) is 19.1. The lowest BCUT2D eigenvalue weighted by molar-refractivity contribution is -0.118. The number of nitrogens with one attached hydrogen (secondary N) is 1. The summed E-state index contributed by atoms with van der Waals surface area (Å²) in [7, 11) is 0. The average Bonchev–Trinajstić information content (AvgIpc) is 3.09. The minimum Gasteiger partial charge on any atom is -0.483 e. The zero-order valence-corrected chi connectivity index (χ0v) is 16.8. The maximum absolute atomic E-state index is 12.3. The Hall–Kier alpha value is -2.64. The number of nitrogens with zero attached hydrogens (tertiary/aromatic N) is 2. The van der Waals surface area contributed by atoms with Crippen molar-refractivity contribution in [2.45, 2.75) is 13.8 Å². The lowest BCUT2D eigenvalue weighted by Crippen LogP contribution is -2.36. The third-order valence-corrected chi connectivity index (χ3v) is 5.62. The molecule has 146 valence electrons. The van der Waals surface area contributed by atoms with E-state index in [-0.39, 0.29) is 12.5 Å². The number of hydrogen-bond acceptors (Lipinski definition) is 6. The number of morpholine rings is 1. The molecule has 2 heterocycles. The molecule has 0 bridgehead atoms. The summed E-state index contributed by atoms with van der Waals surface area (Å²) in [6.07, 6.45) is 0. The Morgan fingerprint density at radius 1 is 1.21 bits per heavy atom. The standard InChI is InChI=1S/C21H23N3O3S/c1-14-3-6-18(15(2)11-14)27-13-20(25)23-21-22-17-5-4-16(12-19(17)28-21)24-7-9-26-10-8-24/h3-6,11-12H,7-10,13H2,1-2H3,(H,22,23,25). The van der Waals surface area contributed by atoms with Crippen LogP contribution in [-0.4, -0.2) is 43.8 Å². The zero-order valence-electron chi connectivity index (χ0n) is 16.0. The van der Waals surface area contributed by atoms with E-state index in [0.29, 0.717) is 5.13 Å². The molecule has 1 N–H and O–H groups in total. The van der Waals surface area contributed by atoms with Crippen LogP contribution < -0.4 is 15.0 Å². The molecule has 0 atom stereocenters. The Morgan fingerprint density at radius 3 is 2.82 bits per heavy atom. The Morgan fingerprint density at radius 2 is 2.04 bits per heavy atom. The van der Waals surface area contributed by atoms with Gasteiger partial charge in [-0.3, -0.25) is 10.1 Å². The van der Waals surface area contributed by atoms with Crippen molar-refractivity contribution >= 4 is 38.3 Å². The van der Waals surface area contributed by atoms with Crippen LogP contribution in [0.15, 0.2) is 36.4 Å². The second-order valence-electron chi connectivity index (χ2n) is 6.88. The largest absolute Gasteiger partial charge is 0.483 e. The maximum Gasteiger partial charge on any atom is 0.264 e. The number of carbonyl (C=O) groups is 1. The van der Waals surface area contributed by atoms with Gasteiger partial charge in [-0.05, 0) is 43.7 Å². The predicted octanol–water partition coefficient (Wildman–Crippen LogP) is 3.77. The van der Waals surface area contributed by atoms with E-state index in [0.717, 1.165) is 53.5 Å². The molecule has 0 spiro atoms. The van der Waals surface area contributed by atoms with Crippen molar-refractivity contribution in [1.29, 1.82) is 0 Å². The number of benzene rings is 2. The fourth-order valence-electron chi connectivity index (χ4n) is 3.24. The Balaban J connectivity index is 1.40. The van der Waals surface area contributed by atoms with E-state index in [1.54, 1.807) is 0 Å². The highest BCUT2D eigenvalue weighted by atomic mass is 32.1. The topological polar surface area (TPSA) is 63.7 Å². The summed E-state index contributed by atoms with van der Waals surface area (Å²) < 4.78 is 12.1. The maximum atomic E-state index is 12.3. The highest BCUT2D eigenvalue weighted by Gasteiger charge is 2.14. The summed E-state index contributed by atoms with van der Waals surface area (Å²) in [5.74, 6) is 0.507. The fraction of sp³-hybridized carbons (Fsp3) is 0.333. The Bertz CT molecular complexity index is 996. The molecular formula is C21H23N3O3S. The molecule has 0 saturated carbocycles. The molecule has 1 amide bonds. The van der Waals surface area contributed by atoms with Crippen LogP contribution >= 0.6 is 11.3 Å². The summed E-state index contributed by atoms with van der Waals surface area (Å²) >= 11 is 1.47. The van der Waals surface area contributed by atoms with E-state index in [2.05, 4.69) is 27.3 Å². The first kappa shape index (κ1) is 18.7. The molecule has 2 aromatic carbocycles. The first-order valence-corrected chi connectivity index (χ1v) is 10.1. The van der Waals surface area contributed by atoms with Crippen LogP contribution in [-0.2, 0) is 9.53 Å². The molecule has 1 aliphatic heterocycles. The van der Waals surface area contributed by atoms with Gasteiger partial charge in [-0.25, -0.2) is 4.98 Å². The van der Waals surface area contributed by atoms with Crippen molar-refractivity contribution in [3.8, 4) is 5.75 Å². The Labute approximate surface area is 168 Å². The highest BCUT2D eigenvalue weighted by Crippen LogP contribution is 2.30. The van der Waals surface area contributed by atoms with Gasteiger partial charge >= 0.3 is 0 Å². The molecule has 4 rings (SSSR count). The average molecular weight is 398 g/mol. The third-order valence-electron chi connectivity index (χ3n) is 4.68. The number of thiazole rings is 1. The van der Waals surface area contributed by atoms with E-state index < -0.39 is 0 Å². The van der Waals surface area contributed by atoms with Crippen molar-refractivity contribution in [3.63, 3.8) is 0 Å². The molecule has 1 aliphatic rings. The normalized spacial score (nSPS) is 14.3. The van der Waals surface area contributed by atoms with Crippen molar-refractivity contribution in [2.75, 3.05) is 43.1 Å². The lowest BCUT2D eigenvalue weighted by atomic mass is 10.1. The van der Waals surface area contributed by atoms with E-state index in [1.807, 2.05) is 38.1 Å². The quantitative estimate of drug-likeness (QED) is 0.710. The van der Waals surface area contributed by atoms with Gasteiger partial charge in [-0.15, -0.1) is 0 Å². The third kappa shape index (κ3) is 4.26. The monoisotopic (exact) mass is 397 g/mol. The molecule has 0 aliphatic carbocycles. The number of aryl methyl sites for hydroxylation is 2. The SMILES string of the molecule is Cc1ccc(OCC(=O)Nc2nc3ccc(N4CCOCC4)cc3s2)c(C)c1. The van der Waals surface area contributed by atoms with Crippen molar-refractivity contribution in [3.05, 3.63) is 47.5 Å². The lowest BCUT2D eigenvalue weighted by Gasteiger charge is -2.28. The highest BCUT2D eigenvalue weighted by molar-refractivity contribution is 7.22. The van der Waals surface area contributed by atoms with Gasteiger partial charge in [0.15, 0.2) is 11.7 Å². The summed E-state index contributed by atoms with van der Waals surface area (Å²) in [5, 5.41) is 3.43. The van der Waals surface area contributed by atoms with Gasteiger partial charge < -0.3 is 14.4 Å². The van der Waals surface area contributed by atoms with E-state index >= 15 is 0 Å². The van der Waals surface area contributed by atoms with Crippen LogP contribution in [0.3, 0.4) is 0 Å². The number of aromatic nitrogens is 1. The molecule has 0 unspecified atom stereocenters. The van der Waals surface area contributed by atoms with Gasteiger partial charge in [0.1, 0.15) is 5.75 Å². The molecule has 1 fully saturated rings. The smallest absolute Gasteiger partial charge is 0.264 e. The number of anilines is 2. The number of hydrogen-bond donors (Lipinski definition) is 1. The van der Waals surface area contributed by atoms with Gasteiger partial charge in [0.05, 0.1) is 23.4 Å². The molecule has 7 heteroatoms. The molecule has 6 nitrogen and oxygen atoms in total. The van der Waals surface area contributed by atoms with Crippen LogP contribution in [0.2, 0.25) is 0 Å². The van der Waals surface area contributed by atoms with Gasteiger partial charge in [-0.2, -0.15) is 0 Å². The molecular weight excluding hydrogens is 374 g/mol. The number of fused-ring (bicyclic) bond motifs is 1. The second-order valence-corrected chi connectivity index (χ2v) is 7.91. The Kier molecular flexibility index (Phi) is 5.45.